The van der Waals surface area contributed by atoms with Gasteiger partial charge in [-0.1, -0.05) is 6.07 Å². The van der Waals surface area contributed by atoms with Crippen LogP contribution in [0.4, 0.5) is 0 Å². The van der Waals surface area contributed by atoms with Crippen LogP contribution in [0, 0.1) is 18.8 Å². The van der Waals surface area contributed by atoms with Crippen LogP contribution < -0.4 is 5.32 Å². The molecule has 0 aromatic carbocycles. The number of aryl methyl sites for hydroxylation is 1. The van der Waals surface area contributed by atoms with E-state index in [4.69, 9.17) is 5.11 Å². The number of carbonyl (C=O) groups is 1. The van der Waals surface area contributed by atoms with Gasteiger partial charge in [-0.15, -0.1) is 0 Å². The van der Waals surface area contributed by atoms with Crippen molar-refractivity contribution >= 4 is 5.97 Å². The van der Waals surface area contributed by atoms with Gasteiger partial charge in [-0.05, 0) is 56.7 Å². The smallest absolute Gasteiger partial charge is 0.306 e. The number of nitrogens with one attached hydrogen (secondary N) is 1. The number of rotatable bonds is 5. The second-order valence-corrected chi connectivity index (χ2v) is 5.49. The van der Waals surface area contributed by atoms with Crippen molar-refractivity contribution in [3.63, 3.8) is 0 Å². The molecule has 1 saturated carbocycles. The van der Waals surface area contributed by atoms with Crippen LogP contribution in [-0.4, -0.2) is 22.6 Å². The summed E-state index contributed by atoms with van der Waals surface area (Å²) < 4.78 is 0. The highest BCUT2D eigenvalue weighted by Crippen LogP contribution is 2.28. The van der Waals surface area contributed by atoms with Crippen LogP contribution in [0.1, 0.15) is 36.9 Å². The quantitative estimate of drug-likeness (QED) is 0.855. The Labute approximate surface area is 114 Å². The van der Waals surface area contributed by atoms with Crippen LogP contribution in [0.2, 0.25) is 0 Å². The van der Waals surface area contributed by atoms with E-state index in [1.165, 1.54) is 5.56 Å². The van der Waals surface area contributed by atoms with Crippen LogP contribution >= 0.6 is 0 Å². The van der Waals surface area contributed by atoms with Crippen molar-refractivity contribution in [2.24, 2.45) is 11.8 Å². The first-order chi connectivity index (χ1) is 9.15. The van der Waals surface area contributed by atoms with Gasteiger partial charge in [0, 0.05) is 18.4 Å². The Morgan fingerprint density at radius 2 is 2.11 bits per heavy atom. The molecule has 0 radical (unpaired) electrons. The maximum atomic E-state index is 10.9. The first-order valence-electron chi connectivity index (χ1n) is 7.00. The van der Waals surface area contributed by atoms with Gasteiger partial charge in [-0.25, -0.2) is 0 Å². The first kappa shape index (κ1) is 14.0. The zero-order valence-electron chi connectivity index (χ0n) is 11.4. The van der Waals surface area contributed by atoms with Gasteiger partial charge in [0.15, 0.2) is 0 Å². The van der Waals surface area contributed by atoms with E-state index in [0.29, 0.717) is 5.92 Å². The lowest BCUT2D eigenvalue weighted by atomic mass is 9.82. The van der Waals surface area contributed by atoms with E-state index >= 15 is 0 Å². The molecule has 2 N–H and O–H groups in total. The lowest BCUT2D eigenvalue weighted by Gasteiger charge is -2.26. The summed E-state index contributed by atoms with van der Waals surface area (Å²) in [7, 11) is 0. The van der Waals surface area contributed by atoms with E-state index in [2.05, 4.69) is 16.4 Å². The third-order valence-corrected chi connectivity index (χ3v) is 3.93. The Balaban J connectivity index is 1.67. The van der Waals surface area contributed by atoms with Gasteiger partial charge in [-0.3, -0.25) is 9.78 Å². The van der Waals surface area contributed by atoms with Crippen molar-refractivity contribution in [1.29, 1.82) is 0 Å². The average Bonchev–Trinajstić information content (AvgIpc) is 2.41. The Kier molecular flexibility index (Phi) is 4.91. The predicted octanol–water partition coefficient (Wildman–Crippen LogP) is 2.37. The van der Waals surface area contributed by atoms with Gasteiger partial charge in [0.05, 0.1) is 5.92 Å². The van der Waals surface area contributed by atoms with Gasteiger partial charge in [0.25, 0.3) is 0 Å². The fourth-order valence-electron chi connectivity index (χ4n) is 2.64. The van der Waals surface area contributed by atoms with Crippen molar-refractivity contribution in [3.05, 3.63) is 29.6 Å². The fraction of sp³-hybridized carbons (Fsp3) is 0.600. The number of pyridine rings is 1. The number of hydrogen-bond donors (Lipinski definition) is 2. The number of carboxylic acid groups (broad SMARTS) is 1. The van der Waals surface area contributed by atoms with E-state index in [-0.39, 0.29) is 5.92 Å². The molecule has 0 saturated heterocycles. The number of hydrogen-bond acceptors (Lipinski definition) is 3. The van der Waals surface area contributed by atoms with Crippen molar-refractivity contribution in [2.75, 3.05) is 6.54 Å². The maximum Gasteiger partial charge on any atom is 0.306 e. The molecule has 19 heavy (non-hydrogen) atoms. The minimum absolute atomic E-state index is 0.113. The Morgan fingerprint density at radius 1 is 1.37 bits per heavy atom. The van der Waals surface area contributed by atoms with E-state index in [1.54, 1.807) is 0 Å². The molecule has 0 amide bonds. The molecule has 0 atom stereocenters. The molecule has 1 fully saturated rings. The largest absolute Gasteiger partial charge is 0.481 e. The zero-order valence-corrected chi connectivity index (χ0v) is 11.4. The Bertz CT molecular complexity index is 409. The fourth-order valence-corrected chi connectivity index (χ4v) is 2.64. The number of aliphatic carboxylic acids is 1. The Hall–Kier alpha value is -1.42. The molecule has 2 rings (SSSR count). The molecule has 4 heteroatoms. The summed E-state index contributed by atoms with van der Waals surface area (Å²) >= 11 is 0. The molecule has 0 aliphatic heterocycles. The standard InChI is InChI=1S/C15H22N2O2/c1-11-2-3-13(10-17-11)9-16-8-12-4-6-14(7-5-12)15(18)19/h2-3,10,12,14,16H,4-9H2,1H3,(H,18,19). The predicted molar refractivity (Wildman–Crippen MR) is 73.8 cm³/mol. The normalized spacial score (nSPS) is 23.2. The lowest BCUT2D eigenvalue weighted by molar-refractivity contribution is -0.143. The topological polar surface area (TPSA) is 62.2 Å². The highest BCUT2D eigenvalue weighted by molar-refractivity contribution is 5.69. The maximum absolute atomic E-state index is 10.9. The minimum Gasteiger partial charge on any atom is -0.481 e. The molecule has 1 aliphatic rings. The van der Waals surface area contributed by atoms with Crippen LogP contribution in [-0.2, 0) is 11.3 Å². The summed E-state index contributed by atoms with van der Waals surface area (Å²) in [4.78, 5) is 15.1. The summed E-state index contributed by atoms with van der Waals surface area (Å²) in [5.41, 5.74) is 2.24. The Morgan fingerprint density at radius 3 is 2.68 bits per heavy atom. The summed E-state index contributed by atoms with van der Waals surface area (Å²) in [5.74, 6) is -0.122. The van der Waals surface area contributed by atoms with Crippen LogP contribution in [0.5, 0.6) is 0 Å². The van der Waals surface area contributed by atoms with Crippen LogP contribution in [0.15, 0.2) is 18.3 Å². The molecule has 1 aliphatic carbocycles. The van der Waals surface area contributed by atoms with Gasteiger partial charge in [0.2, 0.25) is 0 Å². The third kappa shape index (κ3) is 4.31. The van der Waals surface area contributed by atoms with Gasteiger partial charge in [-0.2, -0.15) is 0 Å². The molecule has 104 valence electrons. The lowest BCUT2D eigenvalue weighted by Crippen LogP contribution is -2.28. The molecule has 0 unspecified atom stereocenters. The molecule has 1 aromatic heterocycles. The first-order valence-corrected chi connectivity index (χ1v) is 7.00. The van der Waals surface area contributed by atoms with E-state index < -0.39 is 5.97 Å². The van der Waals surface area contributed by atoms with E-state index in [1.807, 2.05) is 19.2 Å². The summed E-state index contributed by atoms with van der Waals surface area (Å²) in [6, 6.07) is 4.12. The summed E-state index contributed by atoms with van der Waals surface area (Å²) in [5, 5.41) is 12.4. The summed E-state index contributed by atoms with van der Waals surface area (Å²) in [6.45, 7) is 3.80. The summed E-state index contributed by atoms with van der Waals surface area (Å²) in [6.07, 6.45) is 5.61. The molecular weight excluding hydrogens is 240 g/mol. The van der Waals surface area contributed by atoms with Crippen molar-refractivity contribution in [1.82, 2.24) is 10.3 Å². The SMILES string of the molecule is Cc1ccc(CNCC2CCC(C(=O)O)CC2)cn1. The third-order valence-electron chi connectivity index (χ3n) is 3.93. The highest BCUT2D eigenvalue weighted by Gasteiger charge is 2.25. The zero-order chi connectivity index (χ0) is 13.7. The molecule has 0 bridgehead atoms. The van der Waals surface area contributed by atoms with Crippen LogP contribution in [0.3, 0.4) is 0 Å². The monoisotopic (exact) mass is 262 g/mol. The molecule has 4 nitrogen and oxygen atoms in total. The van der Waals surface area contributed by atoms with Crippen molar-refractivity contribution < 1.29 is 9.90 Å². The molecular formula is C15H22N2O2. The molecule has 1 heterocycles. The molecule has 0 spiro atoms. The van der Waals surface area contributed by atoms with Crippen LogP contribution in [0.25, 0.3) is 0 Å². The number of carboxylic acids is 1. The van der Waals surface area contributed by atoms with E-state index in [9.17, 15) is 4.79 Å². The molecule has 1 aromatic rings. The second kappa shape index (κ2) is 6.66. The average molecular weight is 262 g/mol. The van der Waals surface area contributed by atoms with Crippen molar-refractivity contribution in [3.8, 4) is 0 Å². The van der Waals surface area contributed by atoms with Crippen molar-refractivity contribution in [2.45, 2.75) is 39.2 Å². The number of nitrogens with zero attached hydrogens (tertiary/aromatic N) is 1. The van der Waals surface area contributed by atoms with E-state index in [0.717, 1.165) is 44.5 Å². The number of aromatic nitrogens is 1. The van der Waals surface area contributed by atoms with Gasteiger partial charge < -0.3 is 10.4 Å². The van der Waals surface area contributed by atoms with Gasteiger partial charge >= 0.3 is 5.97 Å². The minimum atomic E-state index is -0.628. The highest BCUT2D eigenvalue weighted by atomic mass is 16.4. The van der Waals surface area contributed by atoms with Gasteiger partial charge in [0.1, 0.15) is 0 Å². The second-order valence-electron chi connectivity index (χ2n) is 5.49.